The van der Waals surface area contributed by atoms with Gasteiger partial charge in [0.25, 0.3) is 0 Å². The molecular formula is C11H17FN2O. The van der Waals surface area contributed by atoms with Crippen LogP contribution in [0, 0.1) is 11.2 Å². The molecule has 0 saturated carbocycles. The Hall–Kier alpha value is -1.29. The molecule has 84 valence electrons. The first-order valence-corrected chi connectivity index (χ1v) is 4.77. The van der Waals surface area contributed by atoms with Crippen molar-refractivity contribution < 1.29 is 9.50 Å². The molecule has 0 bridgehead atoms. The maximum atomic E-state index is 13.1. The molecule has 0 saturated heterocycles. The molecule has 0 aliphatic rings. The van der Waals surface area contributed by atoms with Gasteiger partial charge in [0.2, 0.25) is 0 Å². The quantitative estimate of drug-likeness (QED) is 0.493. The third kappa shape index (κ3) is 2.39. The molecule has 0 unspecified atom stereocenters. The number of anilines is 1. The molecule has 15 heavy (non-hydrogen) atoms. The van der Waals surface area contributed by atoms with E-state index < -0.39 is 11.9 Å². The molecule has 5 N–H and O–H groups in total. The molecule has 1 rings (SSSR count). The zero-order valence-corrected chi connectivity index (χ0v) is 9.21. The summed E-state index contributed by atoms with van der Waals surface area (Å²) in [6.45, 7) is 5.74. The molecule has 1 aromatic rings. The fourth-order valence-electron chi connectivity index (χ4n) is 1.35. The average molecular weight is 212 g/mol. The van der Waals surface area contributed by atoms with E-state index in [1.807, 2.05) is 20.8 Å². The Balaban J connectivity index is 3.25. The summed E-state index contributed by atoms with van der Waals surface area (Å²) in [5.74, 6) is -0.612. The van der Waals surface area contributed by atoms with Gasteiger partial charge in [0.1, 0.15) is 11.6 Å². The number of nitrogen functional groups attached to an aromatic ring is 1. The van der Waals surface area contributed by atoms with Crippen molar-refractivity contribution in [1.29, 1.82) is 0 Å². The Morgan fingerprint density at radius 3 is 2.33 bits per heavy atom. The van der Waals surface area contributed by atoms with Crippen LogP contribution in [0.1, 0.15) is 32.4 Å². The molecule has 3 nitrogen and oxygen atoms in total. The average Bonchev–Trinajstić information content (AvgIpc) is 2.08. The molecule has 0 fully saturated rings. The lowest BCUT2D eigenvalue weighted by Gasteiger charge is -2.28. The highest BCUT2D eigenvalue weighted by Crippen LogP contribution is 2.38. The molecular weight excluding hydrogens is 195 g/mol. The van der Waals surface area contributed by atoms with E-state index in [1.54, 1.807) is 0 Å². The van der Waals surface area contributed by atoms with E-state index >= 15 is 0 Å². The summed E-state index contributed by atoms with van der Waals surface area (Å²) in [6, 6.07) is 1.84. The van der Waals surface area contributed by atoms with Gasteiger partial charge in [-0.3, -0.25) is 0 Å². The van der Waals surface area contributed by atoms with E-state index in [0.29, 0.717) is 5.56 Å². The van der Waals surface area contributed by atoms with Crippen LogP contribution in [-0.4, -0.2) is 5.11 Å². The maximum absolute atomic E-state index is 13.1. The van der Waals surface area contributed by atoms with Crippen molar-refractivity contribution in [2.24, 2.45) is 11.1 Å². The largest absolute Gasteiger partial charge is 0.505 e. The smallest absolute Gasteiger partial charge is 0.143 e. The molecule has 0 spiro atoms. The van der Waals surface area contributed by atoms with Crippen LogP contribution in [0.4, 0.5) is 10.1 Å². The van der Waals surface area contributed by atoms with Gasteiger partial charge < -0.3 is 16.6 Å². The maximum Gasteiger partial charge on any atom is 0.143 e. The Labute approximate surface area is 88.9 Å². The molecule has 1 aromatic carbocycles. The van der Waals surface area contributed by atoms with E-state index in [4.69, 9.17) is 11.5 Å². The molecule has 4 heteroatoms. The first-order chi connectivity index (χ1) is 6.73. The van der Waals surface area contributed by atoms with E-state index in [-0.39, 0.29) is 16.9 Å². The Morgan fingerprint density at radius 2 is 1.87 bits per heavy atom. The second-order valence-corrected chi connectivity index (χ2v) is 4.78. The van der Waals surface area contributed by atoms with Crippen molar-refractivity contribution in [3.05, 3.63) is 23.5 Å². The van der Waals surface area contributed by atoms with Gasteiger partial charge in [0.15, 0.2) is 0 Å². The second-order valence-electron chi connectivity index (χ2n) is 4.78. The number of nitrogens with two attached hydrogens (primary N) is 2. The lowest BCUT2D eigenvalue weighted by molar-refractivity contribution is 0.317. The molecule has 0 amide bonds. The van der Waals surface area contributed by atoms with E-state index in [2.05, 4.69) is 0 Å². The Bertz CT molecular complexity index is 372. The van der Waals surface area contributed by atoms with Gasteiger partial charge >= 0.3 is 0 Å². The van der Waals surface area contributed by atoms with Gasteiger partial charge in [-0.15, -0.1) is 0 Å². The van der Waals surface area contributed by atoms with Gasteiger partial charge in [-0.1, -0.05) is 20.8 Å². The fraction of sp³-hybridized carbons (Fsp3) is 0.455. The monoisotopic (exact) mass is 212 g/mol. The molecule has 1 atom stereocenters. The SMILES string of the molecule is CC(C)(C)[C@@H](N)c1cc(F)cc(N)c1O. The summed E-state index contributed by atoms with van der Waals surface area (Å²) in [5.41, 5.74) is 11.5. The van der Waals surface area contributed by atoms with Gasteiger partial charge in [0.05, 0.1) is 5.69 Å². The first-order valence-electron chi connectivity index (χ1n) is 4.77. The zero-order chi connectivity index (χ0) is 11.8. The molecule has 0 aliphatic carbocycles. The van der Waals surface area contributed by atoms with Crippen molar-refractivity contribution in [3.63, 3.8) is 0 Å². The van der Waals surface area contributed by atoms with Crippen molar-refractivity contribution in [2.45, 2.75) is 26.8 Å². The highest BCUT2D eigenvalue weighted by atomic mass is 19.1. The van der Waals surface area contributed by atoms with E-state index in [0.717, 1.165) is 6.07 Å². The van der Waals surface area contributed by atoms with Crippen LogP contribution in [0.3, 0.4) is 0 Å². The number of aromatic hydroxyl groups is 1. The number of phenolic OH excluding ortho intramolecular Hbond substituents is 1. The summed E-state index contributed by atoms with van der Waals surface area (Å²) in [7, 11) is 0. The van der Waals surface area contributed by atoms with Gasteiger partial charge in [-0.2, -0.15) is 0 Å². The molecule has 0 aromatic heterocycles. The van der Waals surface area contributed by atoms with Crippen LogP contribution < -0.4 is 11.5 Å². The van der Waals surface area contributed by atoms with Crippen molar-refractivity contribution >= 4 is 5.69 Å². The number of hydrogen-bond acceptors (Lipinski definition) is 3. The standard InChI is InChI=1S/C11H17FN2O/c1-11(2,3)10(14)7-4-6(12)5-8(13)9(7)15/h4-5,10,15H,13-14H2,1-3H3/t10-/m0/s1. The van der Waals surface area contributed by atoms with Crippen molar-refractivity contribution in [3.8, 4) is 5.75 Å². The van der Waals surface area contributed by atoms with Gasteiger partial charge in [-0.25, -0.2) is 4.39 Å². The molecule has 0 aliphatic heterocycles. The molecule has 0 radical (unpaired) electrons. The van der Waals surface area contributed by atoms with Gasteiger partial charge in [0, 0.05) is 17.7 Å². The van der Waals surface area contributed by atoms with Crippen LogP contribution in [-0.2, 0) is 0 Å². The van der Waals surface area contributed by atoms with Crippen LogP contribution in [0.5, 0.6) is 5.75 Å². The number of phenols is 1. The normalized spacial score (nSPS) is 13.9. The summed E-state index contributed by atoms with van der Waals surface area (Å²) in [4.78, 5) is 0. The van der Waals surface area contributed by atoms with Crippen LogP contribution in [0.15, 0.2) is 12.1 Å². The van der Waals surface area contributed by atoms with Crippen LogP contribution >= 0.6 is 0 Å². The van der Waals surface area contributed by atoms with Crippen LogP contribution in [0.2, 0.25) is 0 Å². The third-order valence-electron chi connectivity index (χ3n) is 2.40. The first kappa shape index (κ1) is 11.8. The zero-order valence-electron chi connectivity index (χ0n) is 9.21. The number of hydrogen-bond donors (Lipinski definition) is 3. The lowest BCUT2D eigenvalue weighted by atomic mass is 9.82. The van der Waals surface area contributed by atoms with E-state index in [9.17, 15) is 9.50 Å². The summed E-state index contributed by atoms with van der Waals surface area (Å²) in [6.07, 6.45) is 0. The third-order valence-corrected chi connectivity index (χ3v) is 2.40. The van der Waals surface area contributed by atoms with Crippen LogP contribution in [0.25, 0.3) is 0 Å². The molecule has 0 heterocycles. The second kappa shape index (κ2) is 3.70. The summed E-state index contributed by atoms with van der Waals surface area (Å²) >= 11 is 0. The summed E-state index contributed by atoms with van der Waals surface area (Å²) < 4.78 is 13.1. The predicted molar refractivity (Wildman–Crippen MR) is 58.9 cm³/mol. The minimum Gasteiger partial charge on any atom is -0.505 e. The Morgan fingerprint density at radius 1 is 1.33 bits per heavy atom. The minimum atomic E-state index is -0.486. The summed E-state index contributed by atoms with van der Waals surface area (Å²) in [5, 5.41) is 9.68. The highest BCUT2D eigenvalue weighted by Gasteiger charge is 2.26. The van der Waals surface area contributed by atoms with Gasteiger partial charge in [-0.05, 0) is 11.5 Å². The number of rotatable bonds is 1. The minimum absolute atomic E-state index is 0.0182. The number of benzene rings is 1. The fourth-order valence-corrected chi connectivity index (χ4v) is 1.35. The number of halogens is 1. The van der Waals surface area contributed by atoms with Crippen molar-refractivity contribution in [2.75, 3.05) is 5.73 Å². The topological polar surface area (TPSA) is 72.3 Å². The Kier molecular flexibility index (Phi) is 2.90. The highest BCUT2D eigenvalue weighted by molar-refractivity contribution is 5.57. The predicted octanol–water partition coefficient (Wildman–Crippen LogP) is 2.16. The lowest BCUT2D eigenvalue weighted by Crippen LogP contribution is -2.26. The van der Waals surface area contributed by atoms with Crippen molar-refractivity contribution in [1.82, 2.24) is 0 Å². The van der Waals surface area contributed by atoms with E-state index in [1.165, 1.54) is 6.07 Å².